The highest BCUT2D eigenvalue weighted by molar-refractivity contribution is 6.04. The van der Waals surface area contributed by atoms with Crippen LogP contribution in [0.2, 0.25) is 0 Å². The Labute approximate surface area is 138 Å². The first kappa shape index (κ1) is 16.2. The van der Waals surface area contributed by atoms with E-state index in [-0.39, 0.29) is 18.3 Å². The van der Waals surface area contributed by atoms with Crippen molar-refractivity contribution < 1.29 is 18.5 Å². The number of hydrogen-bond acceptors (Lipinski definition) is 4. The number of rotatable bonds is 5. The van der Waals surface area contributed by atoms with Crippen LogP contribution in [0.1, 0.15) is 31.0 Å². The van der Waals surface area contributed by atoms with Gasteiger partial charge in [0.25, 0.3) is 5.91 Å². The molecule has 126 valence electrons. The van der Waals surface area contributed by atoms with Crippen molar-refractivity contribution >= 4 is 11.9 Å². The van der Waals surface area contributed by atoms with Crippen LogP contribution >= 0.6 is 0 Å². The Balaban J connectivity index is 1.81. The predicted octanol–water partition coefficient (Wildman–Crippen LogP) is 3.01. The van der Waals surface area contributed by atoms with Gasteiger partial charge in [0, 0.05) is 11.1 Å². The van der Waals surface area contributed by atoms with E-state index in [0.717, 1.165) is 16.9 Å². The minimum absolute atomic E-state index is 0.0570. The molecule has 1 aromatic carbocycles. The molecular formula is C17H18FN3O3. The van der Waals surface area contributed by atoms with Crippen molar-refractivity contribution in [2.45, 2.75) is 39.3 Å². The van der Waals surface area contributed by atoms with Crippen molar-refractivity contribution in [3.8, 4) is 11.3 Å². The van der Waals surface area contributed by atoms with Gasteiger partial charge in [0.2, 0.25) is 0 Å². The zero-order valence-corrected chi connectivity index (χ0v) is 13.5. The van der Waals surface area contributed by atoms with Crippen LogP contribution in [0, 0.1) is 12.7 Å². The first-order valence-electron chi connectivity index (χ1n) is 7.84. The van der Waals surface area contributed by atoms with E-state index >= 15 is 0 Å². The number of carbonyl (C=O) groups excluding carboxylic acids is 2. The van der Waals surface area contributed by atoms with Gasteiger partial charge < -0.3 is 9.84 Å². The largest absolute Gasteiger partial charge is 0.356 e. The normalized spacial score (nSPS) is 17.5. The molecule has 7 heteroatoms. The van der Waals surface area contributed by atoms with Crippen LogP contribution in [0.5, 0.6) is 0 Å². The number of urea groups is 1. The summed E-state index contributed by atoms with van der Waals surface area (Å²) >= 11 is 0. The molecule has 1 N–H and O–H groups in total. The van der Waals surface area contributed by atoms with Gasteiger partial charge in [0.1, 0.15) is 17.6 Å². The predicted molar refractivity (Wildman–Crippen MR) is 84.4 cm³/mol. The van der Waals surface area contributed by atoms with Gasteiger partial charge in [-0.25, -0.2) is 9.18 Å². The van der Waals surface area contributed by atoms with Crippen LogP contribution in [0.25, 0.3) is 11.3 Å². The zero-order valence-electron chi connectivity index (χ0n) is 13.5. The SMILES string of the molecule is CCCC1NC(=O)N(Cc2noc(-c3ccc(F)cc3)c2C)C1=O. The number of carbonyl (C=O) groups is 2. The highest BCUT2D eigenvalue weighted by Gasteiger charge is 2.38. The number of benzene rings is 1. The number of nitrogens with one attached hydrogen (secondary N) is 1. The Kier molecular flexibility index (Phi) is 4.33. The maximum Gasteiger partial charge on any atom is 0.325 e. The first-order chi connectivity index (χ1) is 11.5. The summed E-state index contributed by atoms with van der Waals surface area (Å²) in [5.74, 6) is -0.0767. The number of imide groups is 1. The lowest BCUT2D eigenvalue weighted by Crippen LogP contribution is -2.31. The van der Waals surface area contributed by atoms with Gasteiger partial charge in [-0.15, -0.1) is 0 Å². The topological polar surface area (TPSA) is 75.4 Å². The third-order valence-electron chi connectivity index (χ3n) is 4.12. The standard InChI is InChI=1S/C17H18FN3O3/c1-3-4-13-16(22)21(17(23)19-13)9-14-10(2)15(24-20-14)11-5-7-12(18)8-6-11/h5-8,13H,3-4,9H2,1-2H3,(H,19,23). The van der Waals surface area contributed by atoms with Crippen molar-refractivity contribution in [3.63, 3.8) is 0 Å². The molecular weight excluding hydrogens is 313 g/mol. The Hall–Kier alpha value is -2.70. The number of aromatic nitrogens is 1. The molecule has 1 unspecified atom stereocenters. The summed E-state index contributed by atoms with van der Waals surface area (Å²) in [6.07, 6.45) is 1.42. The van der Waals surface area contributed by atoms with E-state index in [1.807, 2.05) is 6.92 Å². The number of nitrogens with zero attached hydrogens (tertiary/aromatic N) is 2. The molecule has 24 heavy (non-hydrogen) atoms. The van der Waals surface area contributed by atoms with Crippen molar-refractivity contribution in [3.05, 3.63) is 41.3 Å². The molecule has 0 saturated carbocycles. The quantitative estimate of drug-likeness (QED) is 0.855. The summed E-state index contributed by atoms with van der Waals surface area (Å²) in [4.78, 5) is 25.4. The van der Waals surface area contributed by atoms with Crippen LogP contribution < -0.4 is 5.32 Å². The van der Waals surface area contributed by atoms with Crippen LogP contribution in [-0.4, -0.2) is 28.0 Å². The fourth-order valence-corrected chi connectivity index (χ4v) is 2.75. The van der Waals surface area contributed by atoms with Crippen LogP contribution in [0.3, 0.4) is 0 Å². The van der Waals surface area contributed by atoms with E-state index < -0.39 is 12.1 Å². The lowest BCUT2D eigenvalue weighted by atomic mass is 10.1. The van der Waals surface area contributed by atoms with E-state index in [4.69, 9.17) is 4.52 Å². The fourth-order valence-electron chi connectivity index (χ4n) is 2.75. The Bertz CT molecular complexity index is 770. The Morgan fingerprint density at radius 1 is 1.29 bits per heavy atom. The van der Waals surface area contributed by atoms with Crippen molar-refractivity contribution in [2.75, 3.05) is 0 Å². The molecule has 3 amide bonds. The minimum Gasteiger partial charge on any atom is -0.356 e. The van der Waals surface area contributed by atoms with Crippen LogP contribution in [-0.2, 0) is 11.3 Å². The van der Waals surface area contributed by atoms with Gasteiger partial charge in [-0.3, -0.25) is 9.69 Å². The summed E-state index contributed by atoms with van der Waals surface area (Å²) in [6, 6.07) is 4.98. The molecule has 6 nitrogen and oxygen atoms in total. The molecule has 0 aliphatic carbocycles. The molecule has 1 saturated heterocycles. The van der Waals surface area contributed by atoms with Gasteiger partial charge >= 0.3 is 6.03 Å². The van der Waals surface area contributed by atoms with E-state index in [2.05, 4.69) is 10.5 Å². The lowest BCUT2D eigenvalue weighted by molar-refractivity contribution is -0.128. The molecule has 1 fully saturated rings. The van der Waals surface area contributed by atoms with E-state index in [1.54, 1.807) is 19.1 Å². The second-order valence-electron chi connectivity index (χ2n) is 5.81. The molecule has 1 atom stereocenters. The smallest absolute Gasteiger partial charge is 0.325 e. The number of halogens is 1. The molecule has 0 bridgehead atoms. The molecule has 1 aliphatic rings. The highest BCUT2D eigenvalue weighted by Crippen LogP contribution is 2.27. The van der Waals surface area contributed by atoms with Gasteiger partial charge in [-0.1, -0.05) is 18.5 Å². The molecule has 2 heterocycles. The third kappa shape index (κ3) is 2.89. The van der Waals surface area contributed by atoms with Gasteiger partial charge in [-0.2, -0.15) is 0 Å². The van der Waals surface area contributed by atoms with E-state index in [1.165, 1.54) is 12.1 Å². The van der Waals surface area contributed by atoms with Gasteiger partial charge in [0.05, 0.1) is 6.54 Å². The summed E-state index contributed by atoms with van der Waals surface area (Å²) in [5.41, 5.74) is 1.92. The van der Waals surface area contributed by atoms with E-state index in [9.17, 15) is 14.0 Å². The van der Waals surface area contributed by atoms with Crippen molar-refractivity contribution in [2.24, 2.45) is 0 Å². The summed E-state index contributed by atoms with van der Waals surface area (Å²) in [7, 11) is 0. The van der Waals surface area contributed by atoms with Gasteiger partial charge in [0.15, 0.2) is 5.76 Å². The van der Waals surface area contributed by atoms with Crippen molar-refractivity contribution in [1.82, 2.24) is 15.4 Å². The molecule has 0 spiro atoms. The van der Waals surface area contributed by atoms with Crippen LogP contribution in [0.15, 0.2) is 28.8 Å². The van der Waals surface area contributed by atoms with E-state index in [0.29, 0.717) is 23.4 Å². The monoisotopic (exact) mass is 331 g/mol. The molecule has 1 aromatic heterocycles. The van der Waals surface area contributed by atoms with Crippen LogP contribution in [0.4, 0.5) is 9.18 Å². The summed E-state index contributed by atoms with van der Waals surface area (Å²) in [6.45, 7) is 3.81. The fraction of sp³-hybridized carbons (Fsp3) is 0.353. The molecule has 3 rings (SSSR count). The summed E-state index contributed by atoms with van der Waals surface area (Å²) in [5, 5.41) is 6.65. The lowest BCUT2D eigenvalue weighted by Gasteiger charge is -2.11. The summed E-state index contributed by atoms with van der Waals surface area (Å²) < 4.78 is 18.4. The molecule has 2 aromatic rings. The average molecular weight is 331 g/mol. The highest BCUT2D eigenvalue weighted by atomic mass is 19.1. The van der Waals surface area contributed by atoms with Crippen molar-refractivity contribution in [1.29, 1.82) is 0 Å². The molecule has 1 aliphatic heterocycles. The number of hydrogen-bond donors (Lipinski definition) is 1. The average Bonchev–Trinajstić information content (AvgIpc) is 3.04. The zero-order chi connectivity index (χ0) is 17.3. The second kappa shape index (κ2) is 6.43. The third-order valence-corrected chi connectivity index (χ3v) is 4.12. The maximum atomic E-state index is 13.0. The first-order valence-corrected chi connectivity index (χ1v) is 7.84. The second-order valence-corrected chi connectivity index (χ2v) is 5.81. The Morgan fingerprint density at radius 2 is 2.00 bits per heavy atom. The maximum absolute atomic E-state index is 13.0. The minimum atomic E-state index is -0.466. The molecule has 0 radical (unpaired) electrons. The Morgan fingerprint density at radius 3 is 2.67 bits per heavy atom. The van der Waals surface area contributed by atoms with Gasteiger partial charge in [-0.05, 0) is 37.6 Å². The number of amides is 3.